The van der Waals surface area contributed by atoms with Gasteiger partial charge in [0.15, 0.2) is 10.6 Å². The fourth-order valence-corrected chi connectivity index (χ4v) is 3.23. The van der Waals surface area contributed by atoms with E-state index in [9.17, 15) is 14.7 Å². The third-order valence-electron chi connectivity index (χ3n) is 3.31. The SMILES string of the molecule is COC(=O)c1ccc(N=c2sc(C(C)=O)c(C)n2CCO)cc1. The zero-order valence-electron chi connectivity index (χ0n) is 13.2. The smallest absolute Gasteiger partial charge is 0.337 e. The van der Waals surface area contributed by atoms with Gasteiger partial charge in [0, 0.05) is 19.2 Å². The molecular formula is C16H18N2O4S. The van der Waals surface area contributed by atoms with E-state index >= 15 is 0 Å². The van der Waals surface area contributed by atoms with Crippen LogP contribution in [0.4, 0.5) is 5.69 Å². The number of aliphatic hydroxyl groups is 1. The number of Topliss-reactive ketones (excluding diaryl/α,β-unsaturated/α-hetero) is 1. The van der Waals surface area contributed by atoms with E-state index in [1.165, 1.54) is 25.4 Å². The molecule has 0 amide bonds. The lowest BCUT2D eigenvalue weighted by molar-refractivity contribution is 0.0600. The average Bonchev–Trinajstić information content (AvgIpc) is 2.85. The number of rotatable bonds is 5. The molecule has 0 saturated heterocycles. The minimum Gasteiger partial charge on any atom is -0.465 e. The van der Waals surface area contributed by atoms with Gasteiger partial charge in [-0.1, -0.05) is 11.3 Å². The first-order valence-corrected chi connectivity index (χ1v) is 7.84. The predicted molar refractivity (Wildman–Crippen MR) is 87.1 cm³/mol. The Morgan fingerprint density at radius 2 is 1.96 bits per heavy atom. The molecule has 6 nitrogen and oxygen atoms in total. The summed E-state index contributed by atoms with van der Waals surface area (Å²) in [4.78, 5) is 28.9. The van der Waals surface area contributed by atoms with E-state index in [0.29, 0.717) is 27.5 Å². The number of ketones is 1. The zero-order chi connectivity index (χ0) is 17.0. The number of hydrogen-bond donors (Lipinski definition) is 1. The molecule has 0 unspecified atom stereocenters. The number of carbonyl (C=O) groups is 2. The number of nitrogens with zero attached hydrogens (tertiary/aromatic N) is 2. The van der Waals surface area contributed by atoms with E-state index in [1.54, 1.807) is 24.3 Å². The van der Waals surface area contributed by atoms with E-state index in [0.717, 1.165) is 5.69 Å². The molecule has 1 heterocycles. The summed E-state index contributed by atoms with van der Waals surface area (Å²) < 4.78 is 6.47. The molecule has 0 radical (unpaired) electrons. The molecule has 0 aliphatic rings. The Bertz CT molecular complexity index is 787. The van der Waals surface area contributed by atoms with Gasteiger partial charge in [-0.25, -0.2) is 9.79 Å². The van der Waals surface area contributed by atoms with Crippen molar-refractivity contribution in [1.29, 1.82) is 0 Å². The van der Waals surface area contributed by atoms with E-state index in [4.69, 9.17) is 0 Å². The van der Waals surface area contributed by atoms with Crippen molar-refractivity contribution in [3.8, 4) is 0 Å². The highest BCUT2D eigenvalue weighted by Crippen LogP contribution is 2.16. The van der Waals surface area contributed by atoms with Gasteiger partial charge in [0.2, 0.25) is 0 Å². The Labute approximate surface area is 137 Å². The van der Waals surface area contributed by atoms with Gasteiger partial charge in [-0.15, -0.1) is 0 Å². The summed E-state index contributed by atoms with van der Waals surface area (Å²) in [6.07, 6.45) is 0. The van der Waals surface area contributed by atoms with Gasteiger partial charge in [0.1, 0.15) is 0 Å². The van der Waals surface area contributed by atoms with Crippen molar-refractivity contribution in [2.75, 3.05) is 13.7 Å². The van der Waals surface area contributed by atoms with Gasteiger partial charge in [0.25, 0.3) is 0 Å². The largest absolute Gasteiger partial charge is 0.465 e. The molecule has 0 aliphatic heterocycles. The quantitative estimate of drug-likeness (QED) is 0.670. The molecule has 23 heavy (non-hydrogen) atoms. The van der Waals surface area contributed by atoms with E-state index < -0.39 is 5.97 Å². The number of methoxy groups -OCH3 is 1. The number of aliphatic hydroxyl groups excluding tert-OH is 1. The van der Waals surface area contributed by atoms with Gasteiger partial charge in [-0.3, -0.25) is 4.79 Å². The molecule has 0 aliphatic carbocycles. The summed E-state index contributed by atoms with van der Waals surface area (Å²) in [5.74, 6) is -0.431. The molecule has 122 valence electrons. The minimum atomic E-state index is -0.405. The third kappa shape index (κ3) is 3.75. The van der Waals surface area contributed by atoms with Crippen LogP contribution in [0.15, 0.2) is 29.3 Å². The van der Waals surface area contributed by atoms with Crippen molar-refractivity contribution in [2.45, 2.75) is 20.4 Å². The van der Waals surface area contributed by atoms with Crippen LogP contribution in [0.5, 0.6) is 0 Å². The van der Waals surface area contributed by atoms with Gasteiger partial charge in [-0.2, -0.15) is 0 Å². The van der Waals surface area contributed by atoms with Crippen molar-refractivity contribution < 1.29 is 19.4 Å². The lowest BCUT2D eigenvalue weighted by atomic mass is 10.2. The molecule has 1 aromatic heterocycles. The Balaban J connectivity index is 2.48. The molecule has 0 spiro atoms. The molecule has 1 aromatic carbocycles. The van der Waals surface area contributed by atoms with Crippen LogP contribution in [0.2, 0.25) is 0 Å². The third-order valence-corrected chi connectivity index (χ3v) is 4.60. The second-order valence-corrected chi connectivity index (χ2v) is 5.86. The lowest BCUT2D eigenvalue weighted by Crippen LogP contribution is -2.18. The van der Waals surface area contributed by atoms with Crippen LogP contribution in [0.3, 0.4) is 0 Å². The minimum absolute atomic E-state index is 0.0262. The Hall–Kier alpha value is -2.25. The van der Waals surface area contributed by atoms with Crippen LogP contribution in [-0.4, -0.2) is 35.1 Å². The van der Waals surface area contributed by atoms with Gasteiger partial charge in [0.05, 0.1) is 29.8 Å². The highest BCUT2D eigenvalue weighted by molar-refractivity contribution is 7.11. The molecule has 0 saturated carbocycles. The number of aromatic nitrogens is 1. The molecule has 7 heteroatoms. The molecule has 2 aromatic rings. The molecule has 0 fully saturated rings. The first-order valence-electron chi connectivity index (χ1n) is 7.03. The van der Waals surface area contributed by atoms with Gasteiger partial charge < -0.3 is 14.4 Å². The summed E-state index contributed by atoms with van der Waals surface area (Å²) in [6, 6.07) is 6.68. The standard InChI is InChI=1S/C16H18N2O4S/c1-10-14(11(2)20)23-16(18(10)8-9-19)17-13-6-4-12(5-7-13)15(21)22-3/h4-7,19H,8-9H2,1-3H3. The Morgan fingerprint density at radius 1 is 1.30 bits per heavy atom. The summed E-state index contributed by atoms with van der Waals surface area (Å²) in [7, 11) is 1.33. The average molecular weight is 334 g/mol. The second-order valence-electron chi connectivity index (χ2n) is 4.88. The topological polar surface area (TPSA) is 80.9 Å². The van der Waals surface area contributed by atoms with Crippen LogP contribution >= 0.6 is 11.3 Å². The molecular weight excluding hydrogens is 316 g/mol. The highest BCUT2D eigenvalue weighted by Gasteiger charge is 2.13. The maximum atomic E-state index is 11.7. The van der Waals surface area contributed by atoms with Crippen molar-refractivity contribution >= 4 is 28.8 Å². The van der Waals surface area contributed by atoms with Crippen LogP contribution in [0.25, 0.3) is 0 Å². The number of ether oxygens (including phenoxy) is 1. The number of carbonyl (C=O) groups excluding carboxylic acids is 2. The summed E-state index contributed by atoms with van der Waals surface area (Å²) >= 11 is 1.29. The summed E-state index contributed by atoms with van der Waals surface area (Å²) in [5.41, 5.74) is 1.89. The summed E-state index contributed by atoms with van der Waals surface area (Å²) in [5, 5.41) is 9.21. The highest BCUT2D eigenvalue weighted by atomic mass is 32.1. The fourth-order valence-electron chi connectivity index (χ4n) is 2.16. The van der Waals surface area contributed by atoms with Crippen LogP contribution < -0.4 is 4.80 Å². The number of hydrogen-bond acceptors (Lipinski definition) is 6. The summed E-state index contributed by atoms with van der Waals surface area (Å²) in [6.45, 7) is 3.68. The number of thiazole rings is 1. The molecule has 0 atom stereocenters. The van der Waals surface area contributed by atoms with E-state index in [1.807, 2.05) is 11.5 Å². The number of esters is 1. The maximum Gasteiger partial charge on any atom is 0.337 e. The Kier molecular flexibility index (Phi) is 5.46. The lowest BCUT2D eigenvalue weighted by Gasteiger charge is -2.03. The van der Waals surface area contributed by atoms with Crippen molar-refractivity contribution in [2.24, 2.45) is 4.99 Å². The van der Waals surface area contributed by atoms with E-state index in [-0.39, 0.29) is 12.4 Å². The van der Waals surface area contributed by atoms with E-state index in [2.05, 4.69) is 9.73 Å². The number of benzene rings is 1. The van der Waals surface area contributed by atoms with Crippen LogP contribution in [0.1, 0.15) is 32.6 Å². The zero-order valence-corrected chi connectivity index (χ0v) is 14.0. The van der Waals surface area contributed by atoms with Crippen LogP contribution in [-0.2, 0) is 11.3 Å². The normalized spacial score (nSPS) is 11.6. The van der Waals surface area contributed by atoms with Crippen molar-refractivity contribution in [1.82, 2.24) is 4.57 Å². The first kappa shape index (κ1) is 17.1. The second kappa shape index (κ2) is 7.34. The van der Waals surface area contributed by atoms with Gasteiger partial charge in [-0.05, 0) is 31.2 Å². The van der Waals surface area contributed by atoms with Crippen molar-refractivity contribution in [3.05, 3.63) is 45.2 Å². The monoisotopic (exact) mass is 334 g/mol. The van der Waals surface area contributed by atoms with Crippen LogP contribution in [0, 0.1) is 6.92 Å². The van der Waals surface area contributed by atoms with Crippen molar-refractivity contribution in [3.63, 3.8) is 0 Å². The molecule has 1 N–H and O–H groups in total. The first-order chi connectivity index (χ1) is 11.0. The molecule has 0 bridgehead atoms. The fraction of sp³-hybridized carbons (Fsp3) is 0.312. The molecule has 2 rings (SSSR count). The maximum absolute atomic E-state index is 11.7. The predicted octanol–water partition coefficient (Wildman–Crippen LogP) is 2.07. The Morgan fingerprint density at radius 3 is 2.48 bits per heavy atom. The van der Waals surface area contributed by atoms with Gasteiger partial charge >= 0.3 is 5.97 Å².